The van der Waals surface area contributed by atoms with Crippen molar-refractivity contribution in [3.63, 3.8) is 0 Å². The fourth-order valence-electron chi connectivity index (χ4n) is 5.78. The molecule has 0 spiro atoms. The van der Waals surface area contributed by atoms with Crippen LogP contribution in [0.4, 0.5) is 13.2 Å². The van der Waals surface area contributed by atoms with Crippen LogP contribution < -0.4 is 20.1 Å². The van der Waals surface area contributed by atoms with E-state index >= 15 is 0 Å². The minimum absolute atomic E-state index is 0.0711. The fourth-order valence-corrected chi connectivity index (χ4v) is 5.78. The maximum Gasteiger partial charge on any atom is 0.416 e. The molecule has 0 fully saturated rings. The van der Waals surface area contributed by atoms with Crippen molar-refractivity contribution < 1.29 is 43.1 Å². The Morgan fingerprint density at radius 2 is 1.25 bits per heavy atom. The molecule has 2 heterocycles. The third-order valence-corrected chi connectivity index (χ3v) is 7.88. The maximum absolute atomic E-state index is 13.1. The molecule has 232 valence electrons. The standard InChI is InChI=1S/C17H16F3NO2.C16H17NO4/c1-21-10-16(22)13-4-2-3-5-15(13)23-9-11-6-7-12(8-14(11)16)17(18,19)20;1-17-9-16(20)11-6-7-13(18)15(19)10(11)8-21-14-5-3-2-4-12(14)16/h2-8,21-22H,9-10H2,1H3;2-7,17-20H,8-9H2,1H3. The van der Waals surface area contributed by atoms with Crippen LogP contribution >= 0.6 is 0 Å². The molecular weight excluding hydrogens is 577 g/mol. The van der Waals surface area contributed by atoms with E-state index in [0.717, 1.165) is 12.1 Å². The lowest BCUT2D eigenvalue weighted by atomic mass is 9.83. The summed E-state index contributed by atoms with van der Waals surface area (Å²) in [6.07, 6.45) is -4.47. The first kappa shape index (κ1) is 31.1. The number of fused-ring (bicyclic) bond motifs is 4. The van der Waals surface area contributed by atoms with Gasteiger partial charge in [-0.1, -0.05) is 48.5 Å². The number of likely N-dealkylation sites (N-methyl/N-ethyl adjacent to an activating group) is 2. The van der Waals surface area contributed by atoms with Gasteiger partial charge in [0, 0.05) is 29.8 Å². The Kier molecular flexibility index (Phi) is 8.50. The number of hydrogen-bond acceptors (Lipinski definition) is 8. The van der Waals surface area contributed by atoms with Crippen LogP contribution in [0.2, 0.25) is 0 Å². The number of aliphatic hydroxyl groups is 2. The van der Waals surface area contributed by atoms with Gasteiger partial charge in [0.2, 0.25) is 0 Å². The van der Waals surface area contributed by atoms with E-state index in [9.17, 15) is 33.6 Å². The maximum atomic E-state index is 13.1. The monoisotopic (exact) mass is 610 g/mol. The SMILES string of the molecule is CNCC1(O)c2cc(C(F)(F)F)ccc2COc2ccccc21.CNCC1(O)c2ccccc2OCc2c1ccc(O)c2O. The number of aromatic hydroxyl groups is 2. The largest absolute Gasteiger partial charge is 0.504 e. The van der Waals surface area contributed by atoms with Gasteiger partial charge in [0.1, 0.15) is 35.9 Å². The molecule has 8 nitrogen and oxygen atoms in total. The third kappa shape index (κ3) is 5.55. The molecule has 2 aliphatic heterocycles. The van der Waals surface area contributed by atoms with Gasteiger partial charge < -0.3 is 40.5 Å². The summed E-state index contributed by atoms with van der Waals surface area (Å²) in [6, 6.07) is 20.5. The first-order chi connectivity index (χ1) is 20.9. The molecule has 44 heavy (non-hydrogen) atoms. The molecule has 0 aliphatic carbocycles. The van der Waals surface area contributed by atoms with Crippen molar-refractivity contribution in [2.24, 2.45) is 0 Å². The number of rotatable bonds is 4. The number of alkyl halides is 3. The average Bonchev–Trinajstić information content (AvgIpc) is 3.20. The third-order valence-electron chi connectivity index (χ3n) is 7.88. The van der Waals surface area contributed by atoms with Gasteiger partial charge in [0.05, 0.1) is 5.56 Å². The quantitative estimate of drug-likeness (QED) is 0.187. The van der Waals surface area contributed by atoms with Gasteiger partial charge in [-0.3, -0.25) is 0 Å². The van der Waals surface area contributed by atoms with Crippen molar-refractivity contribution in [3.8, 4) is 23.0 Å². The molecule has 6 N–H and O–H groups in total. The van der Waals surface area contributed by atoms with Gasteiger partial charge in [-0.15, -0.1) is 0 Å². The van der Waals surface area contributed by atoms with Crippen molar-refractivity contribution in [2.45, 2.75) is 30.6 Å². The van der Waals surface area contributed by atoms with Gasteiger partial charge in [0.15, 0.2) is 11.5 Å². The lowest BCUT2D eigenvalue weighted by Gasteiger charge is -2.30. The molecule has 0 saturated carbocycles. The summed E-state index contributed by atoms with van der Waals surface area (Å²) in [5.74, 6) is 0.547. The summed E-state index contributed by atoms with van der Waals surface area (Å²) in [4.78, 5) is 0. The summed E-state index contributed by atoms with van der Waals surface area (Å²) in [5.41, 5.74) is -0.985. The molecule has 2 unspecified atom stereocenters. The number of ether oxygens (including phenoxy) is 2. The van der Waals surface area contributed by atoms with Crippen LogP contribution in [0.5, 0.6) is 23.0 Å². The highest BCUT2D eigenvalue weighted by Gasteiger charge is 2.41. The van der Waals surface area contributed by atoms with Crippen LogP contribution in [0.3, 0.4) is 0 Å². The van der Waals surface area contributed by atoms with Crippen LogP contribution in [-0.2, 0) is 30.6 Å². The Morgan fingerprint density at radius 3 is 1.82 bits per heavy atom. The Labute approximate surface area is 252 Å². The molecule has 11 heteroatoms. The minimum Gasteiger partial charge on any atom is -0.504 e. The van der Waals surface area contributed by atoms with E-state index in [0.29, 0.717) is 39.3 Å². The van der Waals surface area contributed by atoms with Crippen molar-refractivity contribution in [2.75, 3.05) is 27.2 Å². The normalized spacial score (nSPS) is 20.2. The van der Waals surface area contributed by atoms with Gasteiger partial charge in [0.25, 0.3) is 0 Å². The molecule has 0 bridgehead atoms. The Morgan fingerprint density at radius 1 is 0.705 bits per heavy atom. The van der Waals surface area contributed by atoms with Crippen molar-refractivity contribution >= 4 is 0 Å². The Bertz CT molecular complexity index is 1660. The van der Waals surface area contributed by atoms with E-state index in [1.807, 2.05) is 12.1 Å². The molecule has 0 radical (unpaired) electrons. The first-order valence-corrected chi connectivity index (χ1v) is 13.9. The van der Waals surface area contributed by atoms with Crippen LogP contribution in [0, 0.1) is 0 Å². The van der Waals surface area contributed by atoms with Crippen LogP contribution in [0.25, 0.3) is 0 Å². The molecular formula is C33H33F3N2O6. The number of nitrogens with one attached hydrogen (secondary N) is 2. The van der Waals surface area contributed by atoms with Crippen LogP contribution in [0.1, 0.15) is 38.9 Å². The van der Waals surface area contributed by atoms with Crippen molar-refractivity contribution in [1.82, 2.24) is 10.6 Å². The Hall–Kier alpha value is -4.29. The van der Waals surface area contributed by atoms with Crippen LogP contribution in [0.15, 0.2) is 78.9 Å². The number of benzene rings is 4. The number of phenolic OH excluding ortho intramolecular Hbond substituents is 2. The van der Waals surface area contributed by atoms with Gasteiger partial charge in [-0.2, -0.15) is 13.2 Å². The zero-order valence-electron chi connectivity index (χ0n) is 24.1. The highest BCUT2D eigenvalue weighted by atomic mass is 19.4. The highest BCUT2D eigenvalue weighted by Crippen LogP contribution is 2.45. The summed E-state index contributed by atoms with van der Waals surface area (Å²) in [6.45, 7) is 0.515. The summed E-state index contributed by atoms with van der Waals surface area (Å²) in [5, 5.41) is 48.1. The number of phenols is 2. The molecule has 6 rings (SSSR count). The smallest absolute Gasteiger partial charge is 0.416 e. The molecule has 0 aromatic heterocycles. The van der Waals surface area contributed by atoms with E-state index in [4.69, 9.17) is 9.47 Å². The lowest BCUT2D eigenvalue weighted by Crippen LogP contribution is -2.38. The van der Waals surface area contributed by atoms with Gasteiger partial charge >= 0.3 is 6.18 Å². The number of para-hydroxylation sites is 2. The Balaban J connectivity index is 0.000000175. The zero-order chi connectivity index (χ0) is 31.7. The fraction of sp³-hybridized carbons (Fsp3) is 0.273. The molecule has 4 aromatic carbocycles. The van der Waals surface area contributed by atoms with E-state index in [1.165, 1.54) is 12.1 Å². The summed E-state index contributed by atoms with van der Waals surface area (Å²) < 4.78 is 50.6. The second kappa shape index (κ2) is 12.0. The second-order valence-electron chi connectivity index (χ2n) is 10.7. The van der Waals surface area contributed by atoms with E-state index < -0.39 is 22.9 Å². The van der Waals surface area contributed by atoms with E-state index in [2.05, 4.69) is 10.6 Å². The van der Waals surface area contributed by atoms with Crippen molar-refractivity contribution in [3.05, 3.63) is 118 Å². The summed E-state index contributed by atoms with van der Waals surface area (Å²) in [7, 11) is 3.38. The zero-order valence-corrected chi connectivity index (χ0v) is 24.1. The lowest BCUT2D eigenvalue weighted by molar-refractivity contribution is -0.137. The van der Waals surface area contributed by atoms with E-state index in [-0.39, 0.29) is 43.4 Å². The summed E-state index contributed by atoms with van der Waals surface area (Å²) >= 11 is 0. The molecule has 2 atom stereocenters. The molecule has 4 aromatic rings. The molecule has 0 saturated heterocycles. The first-order valence-electron chi connectivity index (χ1n) is 13.9. The van der Waals surface area contributed by atoms with E-state index in [1.54, 1.807) is 56.6 Å². The number of halogens is 3. The van der Waals surface area contributed by atoms with Gasteiger partial charge in [-0.05, 0) is 61.1 Å². The predicted octanol–water partition coefficient (Wildman–Crippen LogP) is 4.50. The predicted molar refractivity (Wildman–Crippen MR) is 157 cm³/mol. The van der Waals surface area contributed by atoms with Crippen molar-refractivity contribution in [1.29, 1.82) is 0 Å². The van der Waals surface area contributed by atoms with Gasteiger partial charge in [-0.25, -0.2) is 0 Å². The second-order valence-corrected chi connectivity index (χ2v) is 10.7. The minimum atomic E-state index is -4.47. The average molecular weight is 611 g/mol. The molecule has 0 amide bonds. The topological polar surface area (TPSA) is 123 Å². The number of hydrogen-bond donors (Lipinski definition) is 6. The molecule has 2 aliphatic rings. The van der Waals surface area contributed by atoms with Crippen LogP contribution in [-0.4, -0.2) is 47.6 Å². The highest BCUT2D eigenvalue weighted by molar-refractivity contribution is 5.57.